The van der Waals surface area contributed by atoms with Crippen LogP contribution in [0.1, 0.15) is 44.2 Å². The average Bonchev–Trinajstić information content (AvgIpc) is 3.10. The SMILES string of the molecule is CCc1ncnc(N[C@H](c2nccn2CC)C2CCOCC2)c1F. The molecule has 1 saturated heterocycles. The molecule has 0 amide bonds. The van der Waals surface area contributed by atoms with E-state index in [0.29, 0.717) is 18.0 Å². The molecule has 130 valence electrons. The predicted molar refractivity (Wildman–Crippen MR) is 89.2 cm³/mol. The van der Waals surface area contributed by atoms with Gasteiger partial charge in [0, 0.05) is 32.2 Å². The fourth-order valence-corrected chi connectivity index (χ4v) is 3.21. The van der Waals surface area contributed by atoms with Crippen LogP contribution in [0.25, 0.3) is 0 Å². The molecule has 7 heteroatoms. The highest BCUT2D eigenvalue weighted by atomic mass is 19.1. The normalized spacial score (nSPS) is 17.0. The van der Waals surface area contributed by atoms with E-state index in [0.717, 1.165) is 38.4 Å². The molecular formula is C17H24FN5O. The topological polar surface area (TPSA) is 64.9 Å². The number of hydrogen-bond donors (Lipinski definition) is 1. The van der Waals surface area contributed by atoms with Crippen LogP contribution in [0.5, 0.6) is 0 Å². The van der Waals surface area contributed by atoms with Crippen molar-refractivity contribution in [2.24, 2.45) is 5.92 Å². The van der Waals surface area contributed by atoms with E-state index in [4.69, 9.17) is 4.74 Å². The summed E-state index contributed by atoms with van der Waals surface area (Å²) >= 11 is 0. The number of ether oxygens (including phenoxy) is 1. The van der Waals surface area contributed by atoms with Crippen molar-refractivity contribution in [1.29, 1.82) is 0 Å². The average molecular weight is 333 g/mol. The van der Waals surface area contributed by atoms with E-state index in [2.05, 4.69) is 31.8 Å². The summed E-state index contributed by atoms with van der Waals surface area (Å²) in [6.45, 7) is 6.23. The second kappa shape index (κ2) is 7.70. The highest BCUT2D eigenvalue weighted by Crippen LogP contribution is 2.32. The minimum absolute atomic E-state index is 0.0991. The lowest BCUT2D eigenvalue weighted by molar-refractivity contribution is 0.0593. The molecule has 0 spiro atoms. The molecule has 3 rings (SSSR count). The van der Waals surface area contributed by atoms with Crippen molar-refractivity contribution in [3.8, 4) is 0 Å². The summed E-state index contributed by atoms with van der Waals surface area (Å²) in [6.07, 6.45) is 7.53. The summed E-state index contributed by atoms with van der Waals surface area (Å²) in [5, 5.41) is 3.30. The van der Waals surface area contributed by atoms with Crippen molar-refractivity contribution in [2.45, 2.75) is 45.7 Å². The van der Waals surface area contributed by atoms with E-state index < -0.39 is 0 Å². The number of imidazole rings is 1. The lowest BCUT2D eigenvalue weighted by Crippen LogP contribution is -2.30. The van der Waals surface area contributed by atoms with Crippen molar-refractivity contribution < 1.29 is 9.13 Å². The summed E-state index contributed by atoms with van der Waals surface area (Å²) in [5.74, 6) is 1.13. The lowest BCUT2D eigenvalue weighted by atomic mass is 9.91. The van der Waals surface area contributed by atoms with Gasteiger partial charge in [0.25, 0.3) is 0 Å². The van der Waals surface area contributed by atoms with E-state index in [1.54, 1.807) is 6.20 Å². The van der Waals surface area contributed by atoms with E-state index in [-0.39, 0.29) is 17.7 Å². The molecule has 6 nitrogen and oxygen atoms in total. The van der Waals surface area contributed by atoms with Crippen molar-refractivity contribution in [3.05, 3.63) is 36.1 Å². The van der Waals surface area contributed by atoms with Crippen LogP contribution in [0, 0.1) is 11.7 Å². The quantitative estimate of drug-likeness (QED) is 0.880. The molecular weight excluding hydrogens is 309 g/mol. The van der Waals surface area contributed by atoms with Gasteiger partial charge in [0.05, 0.1) is 11.7 Å². The molecule has 0 radical (unpaired) electrons. The van der Waals surface area contributed by atoms with Gasteiger partial charge in [-0.3, -0.25) is 0 Å². The molecule has 1 aliphatic rings. The summed E-state index contributed by atoms with van der Waals surface area (Å²) in [4.78, 5) is 12.7. The number of anilines is 1. The maximum absolute atomic E-state index is 14.6. The second-order valence-corrected chi connectivity index (χ2v) is 5.98. The number of aryl methyl sites for hydroxylation is 2. The van der Waals surface area contributed by atoms with Gasteiger partial charge in [-0.05, 0) is 32.1 Å². The zero-order chi connectivity index (χ0) is 16.9. The van der Waals surface area contributed by atoms with Gasteiger partial charge in [0.15, 0.2) is 11.6 Å². The fraction of sp³-hybridized carbons (Fsp3) is 0.588. The van der Waals surface area contributed by atoms with E-state index >= 15 is 0 Å². The number of hydrogen-bond acceptors (Lipinski definition) is 5. The Kier molecular flexibility index (Phi) is 5.40. The van der Waals surface area contributed by atoms with E-state index in [9.17, 15) is 4.39 Å². The number of halogens is 1. The van der Waals surface area contributed by atoms with Gasteiger partial charge in [0.1, 0.15) is 12.2 Å². The highest BCUT2D eigenvalue weighted by molar-refractivity contribution is 5.39. The molecule has 2 aromatic rings. The Labute approximate surface area is 141 Å². The molecule has 0 aromatic carbocycles. The van der Waals surface area contributed by atoms with Gasteiger partial charge in [-0.25, -0.2) is 19.3 Å². The van der Waals surface area contributed by atoms with Gasteiger partial charge in [-0.1, -0.05) is 6.92 Å². The molecule has 0 bridgehead atoms. The Bertz CT molecular complexity index is 669. The second-order valence-electron chi connectivity index (χ2n) is 5.98. The van der Waals surface area contributed by atoms with E-state index in [1.165, 1.54) is 6.33 Å². The summed E-state index contributed by atoms with van der Waals surface area (Å²) in [6, 6.07) is -0.0991. The van der Waals surface area contributed by atoms with Crippen molar-refractivity contribution in [3.63, 3.8) is 0 Å². The zero-order valence-corrected chi connectivity index (χ0v) is 14.2. The molecule has 0 saturated carbocycles. The Hall–Kier alpha value is -2.02. The number of nitrogens with zero attached hydrogens (tertiary/aromatic N) is 4. The molecule has 1 atom stereocenters. The highest BCUT2D eigenvalue weighted by Gasteiger charge is 2.30. The molecule has 1 aliphatic heterocycles. The van der Waals surface area contributed by atoms with Crippen LogP contribution in [0.2, 0.25) is 0 Å². The smallest absolute Gasteiger partial charge is 0.186 e. The van der Waals surface area contributed by atoms with Crippen LogP contribution in [0.4, 0.5) is 10.2 Å². The fourth-order valence-electron chi connectivity index (χ4n) is 3.21. The summed E-state index contributed by atoms with van der Waals surface area (Å²) < 4.78 is 22.2. The number of aromatic nitrogens is 4. The molecule has 3 heterocycles. The maximum Gasteiger partial charge on any atom is 0.186 e. The van der Waals surface area contributed by atoms with E-state index in [1.807, 2.05) is 13.1 Å². The van der Waals surface area contributed by atoms with Gasteiger partial charge in [0.2, 0.25) is 0 Å². The van der Waals surface area contributed by atoms with Gasteiger partial charge < -0.3 is 14.6 Å². The van der Waals surface area contributed by atoms with Crippen molar-refractivity contribution in [2.75, 3.05) is 18.5 Å². The third-order valence-corrected chi connectivity index (χ3v) is 4.59. The summed E-state index contributed by atoms with van der Waals surface area (Å²) in [5.41, 5.74) is 0.428. The molecule has 24 heavy (non-hydrogen) atoms. The van der Waals surface area contributed by atoms with Crippen molar-refractivity contribution in [1.82, 2.24) is 19.5 Å². The maximum atomic E-state index is 14.6. The van der Waals surface area contributed by atoms with Gasteiger partial charge >= 0.3 is 0 Å². The van der Waals surface area contributed by atoms with Gasteiger partial charge in [-0.2, -0.15) is 0 Å². The largest absolute Gasteiger partial charge is 0.381 e. The monoisotopic (exact) mass is 333 g/mol. The van der Waals surface area contributed by atoms with Crippen LogP contribution >= 0.6 is 0 Å². The molecule has 0 unspecified atom stereocenters. The Morgan fingerprint density at radius 2 is 2.08 bits per heavy atom. The minimum atomic E-state index is -0.369. The summed E-state index contributed by atoms with van der Waals surface area (Å²) in [7, 11) is 0. The van der Waals surface area contributed by atoms with Crippen LogP contribution in [0.3, 0.4) is 0 Å². The van der Waals surface area contributed by atoms with Crippen LogP contribution < -0.4 is 5.32 Å². The number of nitrogens with one attached hydrogen (secondary N) is 1. The standard InChI is InChI=1S/C17H24FN5O/c1-3-13-14(18)16(21-11-20-13)22-15(12-5-9-24-10-6-12)17-19-7-8-23(17)4-2/h7-8,11-12,15H,3-6,9-10H2,1-2H3,(H,20,21,22)/t15-/m0/s1. The van der Waals surface area contributed by atoms with Crippen molar-refractivity contribution >= 4 is 5.82 Å². The van der Waals surface area contributed by atoms with Crippen LogP contribution in [-0.4, -0.2) is 32.7 Å². The lowest BCUT2D eigenvalue weighted by Gasteiger charge is -2.31. The first-order valence-corrected chi connectivity index (χ1v) is 8.59. The zero-order valence-electron chi connectivity index (χ0n) is 14.2. The minimum Gasteiger partial charge on any atom is -0.381 e. The first-order valence-electron chi connectivity index (χ1n) is 8.59. The van der Waals surface area contributed by atoms with Crippen LogP contribution in [-0.2, 0) is 17.7 Å². The Morgan fingerprint density at radius 1 is 1.29 bits per heavy atom. The third kappa shape index (κ3) is 3.40. The third-order valence-electron chi connectivity index (χ3n) is 4.59. The predicted octanol–water partition coefficient (Wildman–Crippen LogP) is 2.97. The molecule has 0 aliphatic carbocycles. The first kappa shape index (κ1) is 16.8. The Morgan fingerprint density at radius 3 is 2.79 bits per heavy atom. The molecule has 1 N–H and O–H groups in total. The van der Waals surface area contributed by atoms with Crippen LogP contribution in [0.15, 0.2) is 18.7 Å². The first-order chi connectivity index (χ1) is 11.7. The Balaban J connectivity index is 1.93. The number of rotatable bonds is 6. The van der Waals surface area contributed by atoms with Gasteiger partial charge in [-0.15, -0.1) is 0 Å². The molecule has 2 aromatic heterocycles. The molecule has 1 fully saturated rings.